The normalized spacial score (nSPS) is 19.7. The molecule has 1 aromatic heterocycles. The number of aromatic carboxylic acids is 1. The zero-order chi connectivity index (χ0) is 22.0. The fourth-order valence-corrected chi connectivity index (χ4v) is 5.16. The van der Waals surface area contributed by atoms with Crippen LogP contribution in [-0.2, 0) is 11.2 Å². The third-order valence-electron chi connectivity index (χ3n) is 6.88. The van der Waals surface area contributed by atoms with Crippen molar-refractivity contribution in [3.8, 4) is 0 Å². The number of benzene rings is 2. The Hall–Kier alpha value is -2.63. The highest BCUT2D eigenvalue weighted by Crippen LogP contribution is 2.37. The number of carboxylic acids is 1. The Labute approximate surface area is 184 Å². The van der Waals surface area contributed by atoms with Gasteiger partial charge < -0.3 is 19.7 Å². The lowest BCUT2D eigenvalue weighted by Crippen LogP contribution is -2.41. The number of piperidine rings is 1. The lowest BCUT2D eigenvalue weighted by molar-refractivity contribution is 0.0696. The predicted molar refractivity (Wildman–Crippen MR) is 124 cm³/mol. The summed E-state index contributed by atoms with van der Waals surface area (Å²) < 4.78 is 5.31. The standard InChI is InChI=1S/C26H32N2O3/c1-17-14-18(2)25-22(8-10-27-25)23(17)15-21-9-11-28(12-13-31-3)16-24(21)19-4-6-20(7-5-19)26(29)30/h4-8,10,14,21,24,27H,9,11-13,15-16H2,1-3H3,(H,29,30)/t21-,24-/m0/s1. The molecule has 0 amide bonds. The first-order valence-electron chi connectivity index (χ1n) is 11.1. The molecule has 3 aromatic rings. The maximum Gasteiger partial charge on any atom is 0.335 e. The molecule has 2 atom stereocenters. The Morgan fingerprint density at radius 1 is 1.19 bits per heavy atom. The zero-order valence-electron chi connectivity index (χ0n) is 18.6. The molecule has 4 rings (SSSR count). The van der Waals surface area contributed by atoms with Crippen molar-refractivity contribution < 1.29 is 14.6 Å². The van der Waals surface area contributed by atoms with Gasteiger partial charge in [-0.25, -0.2) is 4.79 Å². The first kappa shape index (κ1) is 21.6. The number of likely N-dealkylation sites (tertiary alicyclic amines) is 1. The third kappa shape index (κ3) is 4.53. The minimum Gasteiger partial charge on any atom is -0.478 e. The maximum atomic E-state index is 11.3. The van der Waals surface area contributed by atoms with E-state index in [9.17, 15) is 9.90 Å². The van der Waals surface area contributed by atoms with Crippen molar-refractivity contribution in [3.05, 3.63) is 70.4 Å². The summed E-state index contributed by atoms with van der Waals surface area (Å²) in [5.74, 6) is -0.00396. The monoisotopic (exact) mass is 420 g/mol. The zero-order valence-corrected chi connectivity index (χ0v) is 18.6. The Morgan fingerprint density at radius 2 is 1.97 bits per heavy atom. The minimum atomic E-state index is -0.876. The number of fused-ring (bicyclic) bond motifs is 1. The molecule has 0 unspecified atom stereocenters. The molecule has 31 heavy (non-hydrogen) atoms. The van der Waals surface area contributed by atoms with Gasteiger partial charge in [-0.05, 0) is 85.5 Å². The SMILES string of the molecule is COCCN1CC[C@@H](Cc2c(C)cc(C)c3[nH]ccc23)[C@H](c2ccc(C(=O)O)cc2)C1. The molecule has 1 saturated heterocycles. The molecular weight excluding hydrogens is 388 g/mol. The number of aromatic nitrogens is 1. The fraction of sp³-hybridized carbons (Fsp3) is 0.423. The number of hydrogen-bond acceptors (Lipinski definition) is 3. The van der Waals surface area contributed by atoms with Crippen LogP contribution in [0.2, 0.25) is 0 Å². The molecule has 2 aromatic carbocycles. The van der Waals surface area contributed by atoms with Crippen molar-refractivity contribution in [1.29, 1.82) is 0 Å². The van der Waals surface area contributed by atoms with E-state index in [1.165, 1.54) is 33.2 Å². The molecule has 2 heterocycles. The van der Waals surface area contributed by atoms with E-state index >= 15 is 0 Å². The Kier molecular flexibility index (Phi) is 6.44. The summed E-state index contributed by atoms with van der Waals surface area (Å²) in [4.78, 5) is 17.2. The second-order valence-corrected chi connectivity index (χ2v) is 8.84. The Bertz CT molecular complexity index is 1050. The maximum absolute atomic E-state index is 11.3. The van der Waals surface area contributed by atoms with Crippen LogP contribution in [0.15, 0.2) is 42.6 Å². The van der Waals surface area contributed by atoms with Crippen LogP contribution < -0.4 is 0 Å². The fourth-order valence-electron chi connectivity index (χ4n) is 5.16. The number of carboxylic acid groups (broad SMARTS) is 1. The highest BCUT2D eigenvalue weighted by Gasteiger charge is 2.31. The van der Waals surface area contributed by atoms with Crippen LogP contribution in [0.25, 0.3) is 10.9 Å². The van der Waals surface area contributed by atoms with E-state index < -0.39 is 5.97 Å². The van der Waals surface area contributed by atoms with Gasteiger partial charge in [-0.3, -0.25) is 0 Å². The van der Waals surface area contributed by atoms with Gasteiger partial charge >= 0.3 is 5.97 Å². The van der Waals surface area contributed by atoms with E-state index in [1.54, 1.807) is 19.2 Å². The van der Waals surface area contributed by atoms with Gasteiger partial charge in [0, 0.05) is 37.3 Å². The number of rotatable bonds is 7. The van der Waals surface area contributed by atoms with Gasteiger partial charge in [0.15, 0.2) is 0 Å². The molecule has 5 nitrogen and oxygen atoms in total. The first-order chi connectivity index (χ1) is 15.0. The molecule has 2 N–H and O–H groups in total. The molecule has 0 radical (unpaired) electrons. The molecule has 5 heteroatoms. The number of nitrogens with one attached hydrogen (secondary N) is 1. The summed E-state index contributed by atoms with van der Waals surface area (Å²) in [6, 6.07) is 12.0. The van der Waals surface area contributed by atoms with Gasteiger partial charge in [-0.1, -0.05) is 18.2 Å². The topological polar surface area (TPSA) is 65.6 Å². The van der Waals surface area contributed by atoms with E-state index in [0.29, 0.717) is 17.4 Å². The second kappa shape index (κ2) is 9.25. The number of methoxy groups -OCH3 is 1. The average molecular weight is 421 g/mol. The number of hydrogen-bond donors (Lipinski definition) is 2. The number of carbonyl (C=O) groups is 1. The van der Waals surface area contributed by atoms with Gasteiger partial charge in [-0.15, -0.1) is 0 Å². The quantitative estimate of drug-likeness (QED) is 0.577. The molecule has 0 saturated carbocycles. The summed E-state index contributed by atoms with van der Waals surface area (Å²) >= 11 is 0. The smallest absolute Gasteiger partial charge is 0.335 e. The van der Waals surface area contributed by atoms with Crippen LogP contribution in [0.5, 0.6) is 0 Å². The Morgan fingerprint density at radius 3 is 2.68 bits per heavy atom. The van der Waals surface area contributed by atoms with Crippen LogP contribution in [0.3, 0.4) is 0 Å². The van der Waals surface area contributed by atoms with Gasteiger partial charge in [0.05, 0.1) is 12.2 Å². The lowest BCUT2D eigenvalue weighted by atomic mass is 9.76. The van der Waals surface area contributed by atoms with E-state index in [-0.39, 0.29) is 0 Å². The highest BCUT2D eigenvalue weighted by molar-refractivity contribution is 5.88. The summed E-state index contributed by atoms with van der Waals surface area (Å²) in [7, 11) is 1.75. The van der Waals surface area contributed by atoms with Crippen molar-refractivity contribution in [2.75, 3.05) is 33.4 Å². The molecule has 1 aliphatic heterocycles. The summed E-state index contributed by atoms with van der Waals surface area (Å²) in [6.45, 7) is 8.09. The number of nitrogens with zero attached hydrogens (tertiary/aromatic N) is 1. The van der Waals surface area contributed by atoms with Crippen LogP contribution in [0.1, 0.15) is 45.0 Å². The summed E-state index contributed by atoms with van der Waals surface area (Å²) in [5.41, 5.74) is 6.88. The number of aryl methyl sites for hydroxylation is 2. The minimum absolute atomic E-state index is 0.343. The van der Waals surface area contributed by atoms with Gasteiger partial charge in [-0.2, -0.15) is 0 Å². The first-order valence-corrected chi connectivity index (χ1v) is 11.1. The molecule has 0 spiro atoms. The Balaban J connectivity index is 1.65. The van der Waals surface area contributed by atoms with E-state index in [4.69, 9.17) is 4.74 Å². The molecule has 164 valence electrons. The highest BCUT2D eigenvalue weighted by atomic mass is 16.5. The summed E-state index contributed by atoms with van der Waals surface area (Å²) in [6.07, 6.45) is 4.19. The van der Waals surface area contributed by atoms with Crippen LogP contribution in [0, 0.1) is 19.8 Å². The van der Waals surface area contributed by atoms with Crippen molar-refractivity contribution in [3.63, 3.8) is 0 Å². The number of aromatic amines is 1. The number of ether oxygens (including phenoxy) is 1. The molecular formula is C26H32N2O3. The number of H-pyrrole nitrogens is 1. The van der Waals surface area contributed by atoms with Crippen LogP contribution in [-0.4, -0.2) is 54.3 Å². The van der Waals surface area contributed by atoms with Gasteiger partial charge in [0.1, 0.15) is 0 Å². The van der Waals surface area contributed by atoms with Crippen molar-refractivity contribution in [2.24, 2.45) is 5.92 Å². The van der Waals surface area contributed by atoms with Crippen LogP contribution in [0.4, 0.5) is 0 Å². The van der Waals surface area contributed by atoms with Gasteiger partial charge in [0.2, 0.25) is 0 Å². The lowest BCUT2D eigenvalue weighted by Gasteiger charge is -2.39. The predicted octanol–water partition coefficient (Wildman–Crippen LogP) is 4.78. The van der Waals surface area contributed by atoms with E-state index in [1.807, 2.05) is 18.3 Å². The van der Waals surface area contributed by atoms with Crippen molar-refractivity contribution in [1.82, 2.24) is 9.88 Å². The van der Waals surface area contributed by atoms with E-state index in [2.05, 4.69) is 35.9 Å². The van der Waals surface area contributed by atoms with Crippen molar-refractivity contribution in [2.45, 2.75) is 32.6 Å². The third-order valence-corrected chi connectivity index (χ3v) is 6.88. The van der Waals surface area contributed by atoms with Crippen molar-refractivity contribution >= 4 is 16.9 Å². The molecule has 1 fully saturated rings. The second-order valence-electron chi connectivity index (χ2n) is 8.84. The average Bonchev–Trinajstić information content (AvgIpc) is 3.26. The summed E-state index contributed by atoms with van der Waals surface area (Å²) in [5, 5.41) is 10.6. The van der Waals surface area contributed by atoms with Gasteiger partial charge in [0.25, 0.3) is 0 Å². The van der Waals surface area contributed by atoms with Crippen LogP contribution >= 0.6 is 0 Å². The molecule has 1 aliphatic rings. The van der Waals surface area contributed by atoms with E-state index in [0.717, 1.165) is 39.1 Å². The molecule has 0 aliphatic carbocycles. The largest absolute Gasteiger partial charge is 0.478 e. The molecule has 0 bridgehead atoms.